The number of ether oxygens (including phenoxy) is 1. The van der Waals surface area contributed by atoms with Crippen molar-refractivity contribution in [1.29, 1.82) is 0 Å². The third-order valence-electron chi connectivity index (χ3n) is 4.50. The van der Waals surface area contributed by atoms with Gasteiger partial charge in [-0.2, -0.15) is 0 Å². The van der Waals surface area contributed by atoms with Gasteiger partial charge in [0.25, 0.3) is 0 Å². The van der Waals surface area contributed by atoms with Gasteiger partial charge in [-0.3, -0.25) is 0 Å². The zero-order chi connectivity index (χ0) is 15.9. The van der Waals surface area contributed by atoms with Gasteiger partial charge in [0.05, 0.1) is 6.61 Å². The first-order valence-electron chi connectivity index (χ1n) is 8.47. The van der Waals surface area contributed by atoms with E-state index in [-0.39, 0.29) is 12.4 Å². The molecule has 0 saturated carbocycles. The number of nitrogens with one attached hydrogen (secondary N) is 1. The van der Waals surface area contributed by atoms with Crippen molar-refractivity contribution in [3.05, 3.63) is 64.7 Å². The van der Waals surface area contributed by atoms with Crippen LogP contribution in [0.25, 0.3) is 0 Å². The molecule has 0 unspecified atom stereocenters. The van der Waals surface area contributed by atoms with E-state index < -0.39 is 0 Å². The van der Waals surface area contributed by atoms with Crippen molar-refractivity contribution >= 4 is 24.0 Å². The van der Waals surface area contributed by atoms with E-state index in [4.69, 9.17) is 16.3 Å². The van der Waals surface area contributed by atoms with Gasteiger partial charge in [0.1, 0.15) is 5.75 Å². The molecule has 2 aromatic rings. The Morgan fingerprint density at radius 3 is 2.54 bits per heavy atom. The number of rotatable bonds is 6. The fourth-order valence-corrected chi connectivity index (χ4v) is 3.34. The van der Waals surface area contributed by atoms with Crippen molar-refractivity contribution in [2.24, 2.45) is 5.92 Å². The molecule has 0 amide bonds. The van der Waals surface area contributed by atoms with E-state index in [1.54, 1.807) is 0 Å². The Labute approximate surface area is 156 Å². The number of hydrogen-bond donors (Lipinski definition) is 1. The summed E-state index contributed by atoms with van der Waals surface area (Å²) in [7, 11) is 0. The summed E-state index contributed by atoms with van der Waals surface area (Å²) in [6, 6.07) is 16.4. The highest BCUT2D eigenvalue weighted by Crippen LogP contribution is 2.26. The highest BCUT2D eigenvalue weighted by atomic mass is 35.5. The topological polar surface area (TPSA) is 21.3 Å². The van der Waals surface area contributed by atoms with Gasteiger partial charge >= 0.3 is 0 Å². The van der Waals surface area contributed by atoms with Gasteiger partial charge < -0.3 is 10.1 Å². The predicted octanol–water partition coefficient (Wildman–Crippen LogP) is 5.12. The summed E-state index contributed by atoms with van der Waals surface area (Å²) in [5.74, 6) is 1.76. The van der Waals surface area contributed by atoms with E-state index in [9.17, 15) is 0 Å². The van der Waals surface area contributed by atoms with Gasteiger partial charge in [0.2, 0.25) is 0 Å². The zero-order valence-corrected chi connectivity index (χ0v) is 15.4. The summed E-state index contributed by atoms with van der Waals surface area (Å²) in [5, 5.41) is 4.18. The van der Waals surface area contributed by atoms with E-state index in [0.29, 0.717) is 0 Å². The third-order valence-corrected chi connectivity index (χ3v) is 4.74. The number of hydrogen-bond acceptors (Lipinski definition) is 2. The van der Waals surface area contributed by atoms with Crippen LogP contribution >= 0.6 is 24.0 Å². The van der Waals surface area contributed by atoms with Crippen molar-refractivity contribution in [2.45, 2.75) is 25.7 Å². The Hall–Kier alpha value is -1.22. The lowest BCUT2D eigenvalue weighted by atomic mass is 9.95. The van der Waals surface area contributed by atoms with Crippen LogP contribution in [0.4, 0.5) is 0 Å². The van der Waals surface area contributed by atoms with Crippen LogP contribution in [-0.4, -0.2) is 19.7 Å². The molecular formula is C20H25Cl2NO. The maximum atomic E-state index is 6.18. The molecular weight excluding hydrogens is 341 g/mol. The Bertz CT molecular complexity index is 612. The highest BCUT2D eigenvalue weighted by molar-refractivity contribution is 6.30. The Kier molecular flexibility index (Phi) is 7.90. The van der Waals surface area contributed by atoms with Crippen LogP contribution in [0.3, 0.4) is 0 Å². The lowest BCUT2D eigenvalue weighted by molar-refractivity contribution is 0.250. The van der Waals surface area contributed by atoms with Gasteiger partial charge in [0.15, 0.2) is 0 Å². The molecule has 24 heavy (non-hydrogen) atoms. The average Bonchev–Trinajstić information content (AvgIpc) is 2.59. The molecule has 130 valence electrons. The SMILES string of the molecule is Cl.Clc1ccc(OCCC2CCNCC2)c(Cc2ccccc2)c1. The van der Waals surface area contributed by atoms with Gasteiger partial charge in [-0.05, 0) is 67.6 Å². The van der Waals surface area contributed by atoms with Crippen LogP contribution in [0.15, 0.2) is 48.5 Å². The Morgan fingerprint density at radius 1 is 1.04 bits per heavy atom. The number of piperidine rings is 1. The monoisotopic (exact) mass is 365 g/mol. The van der Waals surface area contributed by atoms with Gasteiger partial charge in [0, 0.05) is 11.4 Å². The smallest absolute Gasteiger partial charge is 0.122 e. The summed E-state index contributed by atoms with van der Waals surface area (Å²) < 4.78 is 6.09. The molecule has 2 nitrogen and oxygen atoms in total. The molecule has 3 rings (SSSR count). The van der Waals surface area contributed by atoms with Crippen LogP contribution in [0.2, 0.25) is 5.02 Å². The van der Waals surface area contributed by atoms with Gasteiger partial charge in [-0.25, -0.2) is 0 Å². The molecule has 1 N–H and O–H groups in total. The summed E-state index contributed by atoms with van der Waals surface area (Å²) in [6.45, 7) is 3.07. The van der Waals surface area contributed by atoms with Crippen molar-refractivity contribution in [2.75, 3.05) is 19.7 Å². The molecule has 0 radical (unpaired) electrons. The maximum Gasteiger partial charge on any atom is 0.122 e. The first-order chi connectivity index (χ1) is 11.3. The van der Waals surface area contributed by atoms with Crippen molar-refractivity contribution in [3.63, 3.8) is 0 Å². The molecule has 1 aliphatic rings. The second-order valence-corrected chi connectivity index (χ2v) is 6.68. The van der Waals surface area contributed by atoms with E-state index in [2.05, 4.69) is 29.6 Å². The molecule has 0 atom stereocenters. The zero-order valence-electron chi connectivity index (χ0n) is 13.8. The maximum absolute atomic E-state index is 6.18. The van der Waals surface area contributed by atoms with Crippen molar-refractivity contribution in [3.8, 4) is 5.75 Å². The quantitative estimate of drug-likeness (QED) is 0.766. The summed E-state index contributed by atoms with van der Waals surface area (Å²) in [5.41, 5.74) is 2.44. The number of halogens is 2. The van der Waals surface area contributed by atoms with Crippen molar-refractivity contribution in [1.82, 2.24) is 5.32 Å². The highest BCUT2D eigenvalue weighted by Gasteiger charge is 2.13. The molecule has 4 heteroatoms. The van der Waals surface area contributed by atoms with Crippen LogP contribution in [-0.2, 0) is 6.42 Å². The minimum Gasteiger partial charge on any atom is -0.493 e. The first kappa shape index (κ1) is 19.1. The van der Waals surface area contributed by atoms with Crippen LogP contribution in [0.1, 0.15) is 30.4 Å². The largest absolute Gasteiger partial charge is 0.493 e. The fourth-order valence-electron chi connectivity index (χ4n) is 3.15. The van der Waals surface area contributed by atoms with Gasteiger partial charge in [-0.15, -0.1) is 12.4 Å². The molecule has 2 aromatic carbocycles. The standard InChI is InChI=1S/C20H24ClNO.ClH/c21-19-6-7-20(23-13-10-16-8-11-22-12-9-16)18(15-19)14-17-4-2-1-3-5-17;/h1-7,15-16,22H,8-14H2;1H. The third kappa shape index (κ3) is 5.70. The van der Waals surface area contributed by atoms with E-state index in [1.807, 2.05) is 24.3 Å². The Balaban J connectivity index is 0.00000208. The lowest BCUT2D eigenvalue weighted by Crippen LogP contribution is -2.28. The summed E-state index contributed by atoms with van der Waals surface area (Å²) in [4.78, 5) is 0. The second-order valence-electron chi connectivity index (χ2n) is 6.24. The molecule has 1 saturated heterocycles. The Morgan fingerprint density at radius 2 is 1.79 bits per heavy atom. The van der Waals surface area contributed by atoms with Crippen molar-refractivity contribution < 1.29 is 4.74 Å². The molecule has 0 aromatic heterocycles. The second kappa shape index (κ2) is 9.93. The molecule has 1 heterocycles. The lowest BCUT2D eigenvalue weighted by Gasteiger charge is -2.22. The van der Waals surface area contributed by atoms with Gasteiger partial charge in [-0.1, -0.05) is 41.9 Å². The molecule has 0 aliphatic carbocycles. The van der Waals surface area contributed by atoms with E-state index in [1.165, 1.54) is 18.4 Å². The van der Waals surface area contributed by atoms with E-state index in [0.717, 1.165) is 54.8 Å². The predicted molar refractivity (Wildman–Crippen MR) is 104 cm³/mol. The normalized spacial score (nSPS) is 14.9. The number of benzene rings is 2. The fraction of sp³-hybridized carbons (Fsp3) is 0.400. The molecule has 1 aliphatic heterocycles. The molecule has 1 fully saturated rings. The minimum absolute atomic E-state index is 0. The summed E-state index contributed by atoms with van der Waals surface area (Å²) >= 11 is 6.18. The average molecular weight is 366 g/mol. The van der Waals surface area contributed by atoms with E-state index >= 15 is 0 Å². The van der Waals surface area contributed by atoms with Crippen LogP contribution < -0.4 is 10.1 Å². The minimum atomic E-state index is 0. The van der Waals surface area contributed by atoms with Crippen LogP contribution in [0, 0.1) is 5.92 Å². The molecule has 0 spiro atoms. The summed E-state index contributed by atoms with van der Waals surface area (Å²) in [6.07, 6.45) is 4.51. The molecule has 0 bridgehead atoms. The van der Waals surface area contributed by atoms with Crippen LogP contribution in [0.5, 0.6) is 5.75 Å². The first-order valence-corrected chi connectivity index (χ1v) is 8.85.